The average molecular weight is 290 g/mol. The first-order chi connectivity index (χ1) is 10.1. The molecule has 0 heterocycles. The molecule has 0 fully saturated rings. The largest absolute Gasteiger partial charge is 0.339 e. The van der Waals surface area contributed by atoms with E-state index in [9.17, 15) is 9.59 Å². The molecule has 0 saturated carbocycles. The molecule has 4 nitrogen and oxygen atoms in total. The molecular weight excluding hydrogens is 264 g/mol. The third-order valence-electron chi connectivity index (χ3n) is 4.68. The van der Waals surface area contributed by atoms with E-state index in [1.54, 1.807) is 0 Å². The van der Waals surface area contributed by atoms with Gasteiger partial charge in [0.05, 0.1) is 0 Å². The first-order valence-electron chi connectivity index (χ1n) is 8.09. The van der Waals surface area contributed by atoms with Crippen molar-refractivity contribution in [3.63, 3.8) is 0 Å². The van der Waals surface area contributed by atoms with Crippen LogP contribution < -0.4 is 0 Å². The third kappa shape index (κ3) is 2.63. The standard InChI is InChI=1S/C17H26N2O2/c1-5-18(6-2)16(20)14-12-9-10-13(11-12)15(14)17(21)19(7-3)8-4/h9-10,12-13H,5-8,11H2,1-4H3. The molecule has 21 heavy (non-hydrogen) atoms. The summed E-state index contributed by atoms with van der Waals surface area (Å²) in [5, 5.41) is 0. The van der Waals surface area contributed by atoms with Crippen molar-refractivity contribution < 1.29 is 9.59 Å². The smallest absolute Gasteiger partial charge is 0.250 e. The molecule has 0 saturated heterocycles. The van der Waals surface area contributed by atoms with Crippen LogP contribution in [0.4, 0.5) is 0 Å². The number of carbonyl (C=O) groups is 2. The van der Waals surface area contributed by atoms with Gasteiger partial charge in [0.2, 0.25) is 0 Å². The van der Waals surface area contributed by atoms with Crippen LogP contribution in [0, 0.1) is 11.8 Å². The Labute approximate surface area is 127 Å². The SMILES string of the molecule is CCN(CC)C(=O)C1=C(C(=O)N(CC)CC)C2C=CC1C2. The van der Waals surface area contributed by atoms with Gasteiger partial charge >= 0.3 is 0 Å². The molecule has 0 aromatic heterocycles. The number of amides is 2. The second-order valence-electron chi connectivity index (χ2n) is 5.62. The molecule has 0 aromatic carbocycles. The number of allylic oxidation sites excluding steroid dienone is 2. The lowest BCUT2D eigenvalue weighted by atomic mass is 9.94. The highest BCUT2D eigenvalue weighted by molar-refractivity contribution is 6.07. The van der Waals surface area contributed by atoms with Crippen molar-refractivity contribution in [2.24, 2.45) is 11.8 Å². The Kier molecular flexibility index (Phi) is 4.86. The summed E-state index contributed by atoms with van der Waals surface area (Å²) in [6.07, 6.45) is 5.09. The van der Waals surface area contributed by atoms with E-state index in [0.717, 1.165) is 17.6 Å². The van der Waals surface area contributed by atoms with Gasteiger partial charge in [-0.25, -0.2) is 0 Å². The molecule has 2 aliphatic carbocycles. The van der Waals surface area contributed by atoms with E-state index < -0.39 is 0 Å². The molecule has 2 aliphatic rings. The minimum Gasteiger partial charge on any atom is -0.339 e. The van der Waals surface area contributed by atoms with Crippen molar-refractivity contribution in [2.45, 2.75) is 34.1 Å². The molecular formula is C17H26N2O2. The van der Waals surface area contributed by atoms with Crippen molar-refractivity contribution in [3.05, 3.63) is 23.3 Å². The van der Waals surface area contributed by atoms with E-state index in [2.05, 4.69) is 12.2 Å². The van der Waals surface area contributed by atoms with E-state index in [4.69, 9.17) is 0 Å². The number of hydrogen-bond acceptors (Lipinski definition) is 2. The Hall–Kier alpha value is -1.58. The molecule has 2 amide bonds. The predicted octanol–water partition coefficient (Wildman–Crippen LogP) is 2.23. The van der Waals surface area contributed by atoms with Crippen LogP contribution in [-0.4, -0.2) is 47.8 Å². The number of nitrogens with zero attached hydrogens (tertiary/aromatic N) is 2. The Morgan fingerprint density at radius 1 is 0.857 bits per heavy atom. The van der Waals surface area contributed by atoms with Crippen LogP contribution >= 0.6 is 0 Å². The van der Waals surface area contributed by atoms with Gasteiger partial charge in [0.25, 0.3) is 11.8 Å². The number of likely N-dealkylation sites (N-methyl/N-ethyl adjacent to an activating group) is 2. The van der Waals surface area contributed by atoms with Crippen LogP contribution in [0.1, 0.15) is 34.1 Å². The first kappa shape index (κ1) is 15.8. The topological polar surface area (TPSA) is 40.6 Å². The monoisotopic (exact) mass is 290 g/mol. The Morgan fingerprint density at radius 3 is 1.48 bits per heavy atom. The van der Waals surface area contributed by atoms with Gasteiger partial charge in [-0.1, -0.05) is 12.2 Å². The average Bonchev–Trinajstić information content (AvgIpc) is 3.10. The van der Waals surface area contributed by atoms with Gasteiger partial charge in [-0.3, -0.25) is 9.59 Å². The van der Waals surface area contributed by atoms with E-state index >= 15 is 0 Å². The van der Waals surface area contributed by atoms with Crippen LogP contribution in [0.2, 0.25) is 0 Å². The molecule has 0 aliphatic heterocycles. The second-order valence-corrected chi connectivity index (χ2v) is 5.62. The lowest BCUT2D eigenvalue weighted by Gasteiger charge is -2.26. The normalized spacial score (nSPS) is 22.9. The van der Waals surface area contributed by atoms with Gasteiger partial charge in [-0.15, -0.1) is 0 Å². The maximum Gasteiger partial charge on any atom is 0.250 e. The lowest BCUT2D eigenvalue weighted by Crippen LogP contribution is -2.37. The maximum atomic E-state index is 12.8. The summed E-state index contributed by atoms with van der Waals surface area (Å²) in [5.41, 5.74) is 1.51. The summed E-state index contributed by atoms with van der Waals surface area (Å²) in [6.45, 7) is 10.7. The lowest BCUT2D eigenvalue weighted by molar-refractivity contribution is -0.129. The Morgan fingerprint density at radius 2 is 1.19 bits per heavy atom. The van der Waals surface area contributed by atoms with E-state index in [1.807, 2.05) is 37.5 Å². The number of fused-ring (bicyclic) bond motifs is 2. The van der Waals surface area contributed by atoms with Crippen molar-refractivity contribution in [2.75, 3.05) is 26.2 Å². The third-order valence-corrected chi connectivity index (χ3v) is 4.68. The Bertz CT molecular complexity index is 443. The van der Waals surface area contributed by atoms with E-state index in [0.29, 0.717) is 26.2 Å². The van der Waals surface area contributed by atoms with Crippen LogP contribution in [0.25, 0.3) is 0 Å². The summed E-state index contributed by atoms with van der Waals surface area (Å²) in [7, 11) is 0. The van der Waals surface area contributed by atoms with Crippen LogP contribution in [-0.2, 0) is 9.59 Å². The molecule has 0 aromatic rings. The van der Waals surface area contributed by atoms with Crippen molar-refractivity contribution >= 4 is 11.8 Å². The number of hydrogen-bond donors (Lipinski definition) is 0. The fraction of sp³-hybridized carbons (Fsp3) is 0.647. The maximum absolute atomic E-state index is 12.8. The predicted molar refractivity (Wildman–Crippen MR) is 83.6 cm³/mol. The molecule has 2 atom stereocenters. The van der Waals surface area contributed by atoms with Crippen LogP contribution in [0.3, 0.4) is 0 Å². The molecule has 2 unspecified atom stereocenters. The first-order valence-corrected chi connectivity index (χ1v) is 8.09. The van der Waals surface area contributed by atoms with Crippen LogP contribution in [0.5, 0.6) is 0 Å². The summed E-state index contributed by atoms with van der Waals surface area (Å²) >= 11 is 0. The van der Waals surface area contributed by atoms with Gasteiger partial charge in [0.1, 0.15) is 0 Å². The number of rotatable bonds is 6. The molecule has 2 bridgehead atoms. The summed E-state index contributed by atoms with van der Waals surface area (Å²) in [5.74, 6) is 0.370. The van der Waals surface area contributed by atoms with Gasteiger partial charge in [-0.05, 0) is 34.1 Å². The molecule has 0 spiro atoms. The highest BCUT2D eigenvalue weighted by atomic mass is 16.2. The Balaban J connectivity index is 2.37. The van der Waals surface area contributed by atoms with Crippen molar-refractivity contribution in [1.29, 1.82) is 0 Å². The van der Waals surface area contributed by atoms with Gasteiger partial charge < -0.3 is 9.80 Å². The molecule has 4 heteroatoms. The zero-order chi connectivity index (χ0) is 15.6. The van der Waals surface area contributed by atoms with E-state index in [1.165, 1.54) is 0 Å². The summed E-state index contributed by atoms with van der Waals surface area (Å²) < 4.78 is 0. The summed E-state index contributed by atoms with van der Waals surface area (Å²) in [4.78, 5) is 29.2. The molecule has 2 rings (SSSR count). The van der Waals surface area contributed by atoms with Gasteiger partial charge in [0.15, 0.2) is 0 Å². The fourth-order valence-electron chi connectivity index (χ4n) is 3.44. The molecule has 116 valence electrons. The zero-order valence-electron chi connectivity index (χ0n) is 13.6. The zero-order valence-corrected chi connectivity index (χ0v) is 13.6. The molecule has 0 radical (unpaired) electrons. The van der Waals surface area contributed by atoms with Gasteiger partial charge in [-0.2, -0.15) is 0 Å². The minimum absolute atomic E-state index is 0.0485. The van der Waals surface area contributed by atoms with Gasteiger partial charge in [0, 0.05) is 49.2 Å². The quantitative estimate of drug-likeness (QED) is 0.704. The fourth-order valence-corrected chi connectivity index (χ4v) is 3.44. The highest BCUT2D eigenvalue weighted by Gasteiger charge is 2.43. The van der Waals surface area contributed by atoms with Crippen molar-refractivity contribution in [3.8, 4) is 0 Å². The summed E-state index contributed by atoms with van der Waals surface area (Å²) in [6, 6.07) is 0. The van der Waals surface area contributed by atoms with E-state index in [-0.39, 0.29) is 23.7 Å². The minimum atomic E-state index is 0.0485. The van der Waals surface area contributed by atoms with Crippen molar-refractivity contribution in [1.82, 2.24) is 9.80 Å². The second kappa shape index (κ2) is 6.46. The van der Waals surface area contributed by atoms with Crippen LogP contribution in [0.15, 0.2) is 23.3 Å². The highest BCUT2D eigenvalue weighted by Crippen LogP contribution is 2.45. The molecule has 0 N–H and O–H groups in total. The number of carbonyl (C=O) groups excluding carboxylic acids is 2.